The predicted octanol–water partition coefficient (Wildman–Crippen LogP) is 2.11. The van der Waals surface area contributed by atoms with E-state index < -0.39 is 0 Å². The summed E-state index contributed by atoms with van der Waals surface area (Å²) in [4.78, 5) is 11.5. The second kappa shape index (κ2) is 6.69. The average molecular weight is 265 g/mol. The fourth-order valence-electron chi connectivity index (χ4n) is 2.06. The lowest BCUT2D eigenvalue weighted by molar-refractivity contribution is -0.120. The van der Waals surface area contributed by atoms with E-state index >= 15 is 0 Å². The Kier molecular flexibility index (Phi) is 4.93. The van der Waals surface area contributed by atoms with Crippen LogP contribution in [0.4, 0.5) is 0 Å². The molecule has 1 amide bonds. The summed E-state index contributed by atoms with van der Waals surface area (Å²) < 4.78 is 5.69. The van der Waals surface area contributed by atoms with Gasteiger partial charge in [-0.05, 0) is 24.3 Å². The molecule has 2 rings (SSSR count). The lowest BCUT2D eigenvalue weighted by Gasteiger charge is -2.25. The topological polar surface area (TPSA) is 38.3 Å². The SMILES string of the molecule is CSCCC(=O)NC[C@@H]1COc2ccccc2C1. The van der Waals surface area contributed by atoms with Crippen LogP contribution in [0.2, 0.25) is 0 Å². The smallest absolute Gasteiger partial charge is 0.220 e. The molecule has 1 atom stereocenters. The molecule has 18 heavy (non-hydrogen) atoms. The number of fused-ring (bicyclic) bond motifs is 1. The molecule has 1 aromatic rings. The molecule has 98 valence electrons. The molecule has 3 nitrogen and oxygen atoms in total. The fraction of sp³-hybridized carbons (Fsp3) is 0.500. The van der Waals surface area contributed by atoms with Gasteiger partial charge in [0, 0.05) is 24.6 Å². The first-order chi connectivity index (χ1) is 8.79. The molecule has 0 aromatic heterocycles. The van der Waals surface area contributed by atoms with Gasteiger partial charge in [0.25, 0.3) is 0 Å². The largest absolute Gasteiger partial charge is 0.493 e. The van der Waals surface area contributed by atoms with Crippen molar-refractivity contribution in [1.29, 1.82) is 0 Å². The zero-order chi connectivity index (χ0) is 12.8. The Morgan fingerprint density at radius 2 is 2.33 bits per heavy atom. The summed E-state index contributed by atoms with van der Waals surface area (Å²) in [6.07, 6.45) is 3.60. The first-order valence-electron chi connectivity index (χ1n) is 6.26. The molecule has 0 fully saturated rings. The Balaban J connectivity index is 1.78. The van der Waals surface area contributed by atoms with Gasteiger partial charge in [-0.15, -0.1) is 0 Å². The molecule has 1 aliphatic rings. The first kappa shape index (κ1) is 13.3. The van der Waals surface area contributed by atoms with Crippen LogP contribution in [-0.2, 0) is 11.2 Å². The number of ether oxygens (including phenoxy) is 1. The molecule has 0 aliphatic carbocycles. The minimum atomic E-state index is 0.142. The Bertz CT molecular complexity index is 409. The van der Waals surface area contributed by atoms with Gasteiger partial charge < -0.3 is 10.1 Å². The monoisotopic (exact) mass is 265 g/mol. The summed E-state index contributed by atoms with van der Waals surface area (Å²) in [5.74, 6) is 2.40. The van der Waals surface area contributed by atoms with Gasteiger partial charge >= 0.3 is 0 Å². The minimum Gasteiger partial charge on any atom is -0.493 e. The number of benzene rings is 1. The predicted molar refractivity (Wildman–Crippen MR) is 75.1 cm³/mol. The first-order valence-corrected chi connectivity index (χ1v) is 7.65. The normalized spacial score (nSPS) is 17.7. The van der Waals surface area contributed by atoms with Crippen molar-refractivity contribution >= 4 is 17.7 Å². The molecule has 4 heteroatoms. The number of carbonyl (C=O) groups excluding carboxylic acids is 1. The van der Waals surface area contributed by atoms with Crippen LogP contribution >= 0.6 is 11.8 Å². The number of carbonyl (C=O) groups is 1. The molecule has 1 heterocycles. The Morgan fingerprint density at radius 3 is 3.17 bits per heavy atom. The van der Waals surface area contributed by atoms with Crippen molar-refractivity contribution in [2.45, 2.75) is 12.8 Å². The molecule has 0 saturated heterocycles. The van der Waals surface area contributed by atoms with E-state index in [1.54, 1.807) is 11.8 Å². The molecule has 0 spiro atoms. The summed E-state index contributed by atoms with van der Waals surface area (Å²) >= 11 is 1.70. The Hall–Kier alpha value is -1.16. The third kappa shape index (κ3) is 3.67. The maximum absolute atomic E-state index is 11.5. The van der Waals surface area contributed by atoms with E-state index in [0.717, 1.165) is 17.9 Å². The Morgan fingerprint density at radius 1 is 1.50 bits per heavy atom. The number of para-hydroxylation sites is 1. The molecule has 0 radical (unpaired) electrons. The lowest BCUT2D eigenvalue weighted by Crippen LogP contribution is -2.34. The van der Waals surface area contributed by atoms with Gasteiger partial charge in [-0.2, -0.15) is 11.8 Å². The maximum Gasteiger partial charge on any atom is 0.220 e. The highest BCUT2D eigenvalue weighted by molar-refractivity contribution is 7.98. The van der Waals surface area contributed by atoms with Gasteiger partial charge in [0.1, 0.15) is 5.75 Å². The maximum atomic E-state index is 11.5. The zero-order valence-corrected chi connectivity index (χ0v) is 11.5. The number of hydrogen-bond acceptors (Lipinski definition) is 3. The van der Waals surface area contributed by atoms with E-state index in [0.29, 0.717) is 25.5 Å². The van der Waals surface area contributed by atoms with Gasteiger partial charge in [0.2, 0.25) is 5.91 Å². The molecule has 0 unspecified atom stereocenters. The lowest BCUT2D eigenvalue weighted by atomic mass is 9.97. The quantitative estimate of drug-likeness (QED) is 0.886. The highest BCUT2D eigenvalue weighted by Gasteiger charge is 2.19. The third-order valence-electron chi connectivity index (χ3n) is 3.08. The second-order valence-corrected chi connectivity index (χ2v) is 5.52. The van der Waals surface area contributed by atoms with Crippen molar-refractivity contribution < 1.29 is 9.53 Å². The molecule has 1 N–H and O–H groups in total. The minimum absolute atomic E-state index is 0.142. The summed E-state index contributed by atoms with van der Waals surface area (Å²) in [6, 6.07) is 8.12. The van der Waals surface area contributed by atoms with Crippen LogP contribution in [0, 0.1) is 5.92 Å². The number of nitrogens with one attached hydrogen (secondary N) is 1. The molecule has 1 aromatic carbocycles. The fourth-order valence-corrected chi connectivity index (χ4v) is 2.45. The van der Waals surface area contributed by atoms with E-state index in [1.165, 1.54) is 5.56 Å². The van der Waals surface area contributed by atoms with Crippen LogP contribution < -0.4 is 10.1 Å². The third-order valence-corrected chi connectivity index (χ3v) is 3.69. The molecule has 0 bridgehead atoms. The van der Waals surface area contributed by atoms with Gasteiger partial charge in [-0.1, -0.05) is 18.2 Å². The van der Waals surface area contributed by atoms with Crippen LogP contribution in [-0.4, -0.2) is 31.1 Å². The number of thioether (sulfide) groups is 1. The van der Waals surface area contributed by atoms with E-state index in [2.05, 4.69) is 11.4 Å². The number of rotatable bonds is 5. The summed E-state index contributed by atoms with van der Waals surface area (Å²) in [5.41, 5.74) is 1.24. The van der Waals surface area contributed by atoms with Crippen molar-refractivity contribution in [3.63, 3.8) is 0 Å². The zero-order valence-electron chi connectivity index (χ0n) is 10.6. The van der Waals surface area contributed by atoms with Crippen LogP contribution in [0.3, 0.4) is 0 Å². The van der Waals surface area contributed by atoms with Crippen LogP contribution in [0.5, 0.6) is 5.75 Å². The summed E-state index contributed by atoms with van der Waals surface area (Å²) in [7, 11) is 0. The van der Waals surface area contributed by atoms with Crippen molar-refractivity contribution in [2.75, 3.05) is 25.2 Å². The van der Waals surface area contributed by atoms with Gasteiger partial charge in [0.05, 0.1) is 6.61 Å². The van der Waals surface area contributed by atoms with Crippen molar-refractivity contribution in [3.8, 4) is 5.75 Å². The van der Waals surface area contributed by atoms with Crippen LogP contribution in [0.1, 0.15) is 12.0 Å². The summed E-state index contributed by atoms with van der Waals surface area (Å²) in [5, 5.41) is 2.99. The average Bonchev–Trinajstić information content (AvgIpc) is 2.42. The highest BCUT2D eigenvalue weighted by Crippen LogP contribution is 2.26. The second-order valence-electron chi connectivity index (χ2n) is 4.54. The molecule has 0 saturated carbocycles. The number of amides is 1. The van der Waals surface area contributed by atoms with E-state index in [-0.39, 0.29) is 5.91 Å². The highest BCUT2D eigenvalue weighted by atomic mass is 32.2. The number of hydrogen-bond donors (Lipinski definition) is 1. The molecule has 1 aliphatic heterocycles. The molecular formula is C14H19NO2S. The van der Waals surface area contributed by atoms with E-state index in [9.17, 15) is 4.79 Å². The van der Waals surface area contributed by atoms with Gasteiger partial charge in [-0.25, -0.2) is 0 Å². The van der Waals surface area contributed by atoms with Gasteiger partial charge in [-0.3, -0.25) is 4.79 Å². The van der Waals surface area contributed by atoms with E-state index in [1.807, 2.05) is 24.5 Å². The van der Waals surface area contributed by atoms with E-state index in [4.69, 9.17) is 4.74 Å². The standard InChI is InChI=1S/C14H19NO2S/c1-18-7-6-14(16)15-9-11-8-12-4-2-3-5-13(12)17-10-11/h2-5,11H,6-10H2,1H3,(H,15,16)/t11-/m1/s1. The molecular weight excluding hydrogens is 246 g/mol. The van der Waals surface area contributed by atoms with Crippen molar-refractivity contribution in [2.24, 2.45) is 5.92 Å². The van der Waals surface area contributed by atoms with Gasteiger partial charge in [0.15, 0.2) is 0 Å². The van der Waals surface area contributed by atoms with Crippen molar-refractivity contribution in [3.05, 3.63) is 29.8 Å². The Labute approximate surface area is 112 Å². The van der Waals surface area contributed by atoms with Crippen LogP contribution in [0.25, 0.3) is 0 Å². The van der Waals surface area contributed by atoms with Crippen LogP contribution in [0.15, 0.2) is 24.3 Å². The summed E-state index contributed by atoms with van der Waals surface area (Å²) in [6.45, 7) is 1.40. The van der Waals surface area contributed by atoms with Crippen molar-refractivity contribution in [1.82, 2.24) is 5.32 Å².